The Kier molecular flexibility index (Phi) is 22.3. The van der Waals surface area contributed by atoms with E-state index in [0.29, 0.717) is 17.6 Å². The summed E-state index contributed by atoms with van der Waals surface area (Å²) < 4.78 is 33.0. The van der Waals surface area contributed by atoms with Gasteiger partial charge >= 0.3 is 5.97 Å². The minimum Gasteiger partial charge on any atom is -0.756 e. The summed E-state index contributed by atoms with van der Waals surface area (Å²) in [6.45, 7) is 4.32. The maximum atomic E-state index is 11.9. The highest BCUT2D eigenvalue weighted by Crippen LogP contribution is 2.38. The second-order valence-corrected chi connectivity index (χ2v) is 11.9. The average molecular weight is 548 g/mol. The first-order valence-corrected chi connectivity index (χ1v) is 15.5. The van der Waals surface area contributed by atoms with Gasteiger partial charge in [0.05, 0.1) is 34.4 Å². The molecule has 218 valence electrons. The van der Waals surface area contributed by atoms with Crippen LogP contribution in [0.5, 0.6) is 0 Å². The van der Waals surface area contributed by atoms with Crippen molar-refractivity contribution in [1.82, 2.24) is 0 Å². The molecule has 0 rings (SSSR count). The first-order valence-electron chi connectivity index (χ1n) is 14.0. The van der Waals surface area contributed by atoms with E-state index in [4.69, 9.17) is 18.5 Å². The van der Waals surface area contributed by atoms with Gasteiger partial charge in [-0.05, 0) is 38.5 Å². The lowest BCUT2D eigenvalue weighted by Crippen LogP contribution is -2.37. The van der Waals surface area contributed by atoms with Crippen LogP contribution < -0.4 is 4.89 Å². The van der Waals surface area contributed by atoms with E-state index < -0.39 is 19.9 Å². The van der Waals surface area contributed by atoms with Crippen LogP contribution in [-0.4, -0.2) is 70.7 Å². The molecule has 0 aliphatic rings. The molecule has 0 aromatic carbocycles. The van der Waals surface area contributed by atoms with Gasteiger partial charge in [0.15, 0.2) is 0 Å². The van der Waals surface area contributed by atoms with Gasteiger partial charge in [-0.2, -0.15) is 0 Å². The van der Waals surface area contributed by atoms with E-state index in [1.807, 2.05) is 21.1 Å². The number of phosphoric acid groups is 1. The Morgan fingerprint density at radius 3 is 2.03 bits per heavy atom. The number of nitrogens with zero attached hydrogens (tertiary/aromatic N) is 1. The van der Waals surface area contributed by atoms with Crippen molar-refractivity contribution in [2.45, 2.75) is 97.0 Å². The molecule has 2 unspecified atom stereocenters. The molecule has 9 heteroatoms. The molecule has 0 heterocycles. The Balaban J connectivity index is 3.82. The molecule has 0 spiro atoms. The predicted molar refractivity (Wildman–Crippen MR) is 148 cm³/mol. The van der Waals surface area contributed by atoms with Gasteiger partial charge in [0.25, 0.3) is 7.82 Å². The predicted octanol–water partition coefficient (Wildman–Crippen LogP) is 5.96. The van der Waals surface area contributed by atoms with Crippen molar-refractivity contribution in [3.05, 3.63) is 24.3 Å². The number of hydrogen-bond acceptors (Lipinski definition) is 7. The number of ether oxygens (including phenoxy) is 2. The van der Waals surface area contributed by atoms with Crippen molar-refractivity contribution in [1.29, 1.82) is 0 Å². The molecule has 0 aliphatic carbocycles. The number of carbonyl (C=O) groups excluding carboxylic acids is 1. The minimum atomic E-state index is -4.47. The van der Waals surface area contributed by atoms with E-state index in [1.54, 1.807) is 0 Å². The Morgan fingerprint density at radius 2 is 1.43 bits per heavy atom. The Labute approximate surface area is 226 Å². The fourth-order valence-electron chi connectivity index (χ4n) is 3.40. The largest absolute Gasteiger partial charge is 0.756 e. The molecule has 0 amide bonds. The van der Waals surface area contributed by atoms with Crippen molar-refractivity contribution >= 4 is 13.8 Å². The summed E-state index contributed by atoms with van der Waals surface area (Å²) in [5.41, 5.74) is 0. The second-order valence-electron chi connectivity index (χ2n) is 10.5. The molecule has 0 N–H and O–H groups in total. The van der Waals surface area contributed by atoms with Crippen molar-refractivity contribution in [3.8, 4) is 0 Å². The van der Waals surface area contributed by atoms with Crippen LogP contribution in [0.3, 0.4) is 0 Å². The zero-order valence-electron chi connectivity index (χ0n) is 24.2. The molecule has 0 radical (unpaired) electrons. The van der Waals surface area contributed by atoms with Crippen molar-refractivity contribution in [2.75, 3.05) is 54.1 Å². The van der Waals surface area contributed by atoms with Crippen LogP contribution in [0, 0.1) is 0 Å². The van der Waals surface area contributed by atoms with Gasteiger partial charge in [0.2, 0.25) is 0 Å². The molecule has 0 aliphatic heterocycles. The third kappa shape index (κ3) is 27.8. The maximum Gasteiger partial charge on any atom is 0.303 e. The zero-order valence-corrected chi connectivity index (χ0v) is 25.1. The van der Waals surface area contributed by atoms with Gasteiger partial charge in [0, 0.05) is 13.5 Å². The summed E-state index contributed by atoms with van der Waals surface area (Å²) in [6.07, 6.45) is 22.4. The monoisotopic (exact) mass is 547 g/mol. The van der Waals surface area contributed by atoms with E-state index in [2.05, 4.69) is 31.2 Å². The summed E-state index contributed by atoms with van der Waals surface area (Å²) in [7, 11) is 1.33. The SMILES string of the molecule is CCCCC/C=C\C/C=C\CCCCCCCCOCC(COP(=O)([O-])OCC[N+](C)(C)C)OC(C)=O. The topological polar surface area (TPSA) is 94.1 Å². The number of esters is 1. The lowest BCUT2D eigenvalue weighted by Gasteiger charge is -2.28. The Hall–Kier alpha value is -1.02. The van der Waals surface area contributed by atoms with Gasteiger partial charge in [-0.25, -0.2) is 0 Å². The number of hydrogen-bond donors (Lipinski definition) is 0. The Morgan fingerprint density at radius 1 is 0.838 bits per heavy atom. The highest BCUT2D eigenvalue weighted by molar-refractivity contribution is 7.45. The maximum absolute atomic E-state index is 11.9. The van der Waals surface area contributed by atoms with Crippen LogP contribution in [0.1, 0.15) is 90.9 Å². The summed E-state index contributed by atoms with van der Waals surface area (Å²) in [6, 6.07) is 0. The highest BCUT2D eigenvalue weighted by Gasteiger charge is 2.19. The summed E-state index contributed by atoms with van der Waals surface area (Å²) in [5, 5.41) is 0. The van der Waals surface area contributed by atoms with Crippen molar-refractivity contribution in [3.63, 3.8) is 0 Å². The number of phosphoric ester groups is 1. The molecular formula is C28H54NO7P. The first-order chi connectivity index (χ1) is 17.6. The summed E-state index contributed by atoms with van der Waals surface area (Å²) in [5.74, 6) is -0.516. The van der Waals surface area contributed by atoms with Crippen molar-refractivity contribution < 1.29 is 37.3 Å². The lowest BCUT2D eigenvalue weighted by atomic mass is 10.1. The number of rotatable bonds is 25. The first kappa shape index (κ1) is 36.0. The molecule has 0 bridgehead atoms. The third-order valence-electron chi connectivity index (χ3n) is 5.56. The van der Waals surface area contributed by atoms with Crippen LogP contribution in [-0.2, 0) is 27.9 Å². The number of carbonyl (C=O) groups is 1. The smallest absolute Gasteiger partial charge is 0.303 e. The highest BCUT2D eigenvalue weighted by atomic mass is 31.2. The van der Waals surface area contributed by atoms with Gasteiger partial charge in [-0.15, -0.1) is 0 Å². The standard InChI is InChI=1S/C28H54NO7P/c1-6-7-8-9-10-11-12-13-14-15-16-17-18-19-20-21-23-33-25-28(36-27(2)30)26-35-37(31,32)34-24-22-29(3,4)5/h10-11,13-14,28H,6-9,12,15-26H2,1-5H3/b11-10-,14-13-. The van der Waals surface area contributed by atoms with Crippen LogP contribution in [0.15, 0.2) is 24.3 Å². The molecule has 0 saturated heterocycles. The van der Waals surface area contributed by atoms with Gasteiger partial charge in [-0.3, -0.25) is 9.36 Å². The molecule has 37 heavy (non-hydrogen) atoms. The molecular weight excluding hydrogens is 493 g/mol. The van der Waals surface area contributed by atoms with Gasteiger partial charge in [0.1, 0.15) is 19.3 Å². The molecule has 0 aromatic heterocycles. The fourth-order valence-corrected chi connectivity index (χ4v) is 4.12. The van der Waals surface area contributed by atoms with Gasteiger partial charge < -0.3 is 27.9 Å². The van der Waals surface area contributed by atoms with Crippen LogP contribution in [0.25, 0.3) is 0 Å². The zero-order chi connectivity index (χ0) is 27.8. The number of likely N-dealkylation sites (N-methyl/N-ethyl adjacent to an activating group) is 1. The van der Waals surface area contributed by atoms with E-state index in [9.17, 15) is 14.3 Å². The lowest BCUT2D eigenvalue weighted by molar-refractivity contribution is -0.870. The van der Waals surface area contributed by atoms with E-state index in [0.717, 1.165) is 32.1 Å². The van der Waals surface area contributed by atoms with Crippen LogP contribution in [0.2, 0.25) is 0 Å². The minimum absolute atomic E-state index is 0.0204. The van der Waals surface area contributed by atoms with Gasteiger partial charge in [-0.1, -0.05) is 69.8 Å². The number of quaternary nitrogens is 1. The normalized spacial score (nSPS) is 14.9. The number of unbranched alkanes of at least 4 members (excludes halogenated alkanes) is 9. The Bertz CT molecular complexity index is 661. The van der Waals surface area contributed by atoms with Crippen LogP contribution in [0.4, 0.5) is 0 Å². The molecule has 0 aromatic rings. The third-order valence-corrected chi connectivity index (χ3v) is 6.52. The van der Waals surface area contributed by atoms with E-state index in [-0.39, 0.29) is 19.8 Å². The summed E-state index contributed by atoms with van der Waals surface area (Å²) in [4.78, 5) is 23.3. The van der Waals surface area contributed by atoms with Crippen molar-refractivity contribution in [2.24, 2.45) is 0 Å². The molecule has 8 nitrogen and oxygen atoms in total. The fraction of sp³-hybridized carbons (Fsp3) is 0.821. The quantitative estimate of drug-likeness (QED) is 0.0458. The van der Waals surface area contributed by atoms with E-state index >= 15 is 0 Å². The molecule has 0 fully saturated rings. The van der Waals surface area contributed by atoms with Crippen LogP contribution >= 0.6 is 7.82 Å². The molecule has 2 atom stereocenters. The second kappa shape index (κ2) is 22.9. The average Bonchev–Trinajstić information content (AvgIpc) is 2.80. The number of allylic oxidation sites excluding steroid dienone is 4. The van der Waals surface area contributed by atoms with E-state index in [1.165, 1.54) is 51.9 Å². The summed E-state index contributed by atoms with van der Waals surface area (Å²) >= 11 is 0. The molecule has 0 saturated carbocycles.